The summed E-state index contributed by atoms with van der Waals surface area (Å²) in [4.78, 5) is 30.4. The largest absolute Gasteiger partial charge is 0.494 e. The van der Waals surface area contributed by atoms with Crippen molar-refractivity contribution in [2.24, 2.45) is 0 Å². The lowest BCUT2D eigenvalue weighted by molar-refractivity contribution is 0.208. The van der Waals surface area contributed by atoms with Gasteiger partial charge in [-0.25, -0.2) is 4.79 Å². The topological polar surface area (TPSA) is 88.9 Å². The molecule has 2 amide bonds. The third kappa shape index (κ3) is 7.05. The van der Waals surface area contributed by atoms with Crippen LogP contribution in [-0.2, 0) is 6.61 Å². The van der Waals surface area contributed by atoms with Crippen LogP contribution in [0, 0.1) is 0 Å². The standard InChI is InChI=1S/C32H35N5O4/c1-2-3-22-40-28-16-14-26(15-17-28)34-32(39)36-20-18-35(19-21-36)29-23-33-37(27-12-8-5-9-13-27)31(38)30(29)41-24-25-10-6-4-7-11-25/h4-17,23H,2-3,18-22,24H2,1H3,(H,34,39). The Kier molecular flexibility index (Phi) is 9.15. The molecule has 1 aliphatic heterocycles. The van der Waals surface area contributed by atoms with E-state index in [9.17, 15) is 9.59 Å². The number of rotatable bonds is 10. The molecule has 9 heteroatoms. The van der Waals surface area contributed by atoms with Gasteiger partial charge in [0.05, 0.1) is 18.5 Å². The average molecular weight is 554 g/mol. The van der Waals surface area contributed by atoms with Crippen molar-refractivity contribution in [3.8, 4) is 17.2 Å². The first-order chi connectivity index (χ1) is 20.1. The quantitative estimate of drug-likeness (QED) is 0.267. The summed E-state index contributed by atoms with van der Waals surface area (Å²) in [6.07, 6.45) is 3.76. The minimum Gasteiger partial charge on any atom is -0.494 e. The Morgan fingerprint density at radius 2 is 1.56 bits per heavy atom. The fourth-order valence-corrected chi connectivity index (χ4v) is 4.59. The van der Waals surface area contributed by atoms with Crippen LogP contribution in [0.4, 0.5) is 16.2 Å². The molecule has 0 spiro atoms. The summed E-state index contributed by atoms with van der Waals surface area (Å²) < 4.78 is 13.2. The number of para-hydroxylation sites is 1. The number of nitrogens with one attached hydrogen (secondary N) is 1. The highest BCUT2D eigenvalue weighted by Crippen LogP contribution is 2.26. The van der Waals surface area contributed by atoms with E-state index in [4.69, 9.17) is 9.47 Å². The van der Waals surface area contributed by atoms with Crippen LogP contribution < -0.4 is 25.2 Å². The van der Waals surface area contributed by atoms with Gasteiger partial charge in [-0.05, 0) is 48.4 Å². The SMILES string of the molecule is CCCCOc1ccc(NC(=O)N2CCN(c3cnn(-c4ccccc4)c(=O)c3OCc3ccccc3)CC2)cc1. The van der Waals surface area contributed by atoms with Gasteiger partial charge in [-0.15, -0.1) is 0 Å². The summed E-state index contributed by atoms with van der Waals surface area (Å²) in [6, 6.07) is 26.3. The maximum absolute atomic E-state index is 13.6. The summed E-state index contributed by atoms with van der Waals surface area (Å²) in [5, 5.41) is 7.43. The molecule has 0 bridgehead atoms. The number of ether oxygens (including phenoxy) is 2. The number of hydrogen-bond donors (Lipinski definition) is 1. The van der Waals surface area contributed by atoms with Crippen molar-refractivity contribution in [3.63, 3.8) is 0 Å². The highest BCUT2D eigenvalue weighted by atomic mass is 16.5. The second-order valence-electron chi connectivity index (χ2n) is 9.82. The van der Waals surface area contributed by atoms with E-state index >= 15 is 0 Å². The molecule has 1 N–H and O–H groups in total. The second-order valence-corrected chi connectivity index (χ2v) is 9.82. The third-order valence-electron chi connectivity index (χ3n) is 6.92. The van der Waals surface area contributed by atoms with Crippen molar-refractivity contribution in [2.75, 3.05) is 43.0 Å². The average Bonchev–Trinajstić information content (AvgIpc) is 3.02. The number of anilines is 2. The minimum atomic E-state index is -0.327. The molecule has 0 radical (unpaired) electrons. The van der Waals surface area contributed by atoms with E-state index in [2.05, 4.69) is 22.2 Å². The zero-order valence-corrected chi connectivity index (χ0v) is 23.2. The maximum atomic E-state index is 13.6. The molecule has 5 rings (SSSR count). The van der Waals surface area contributed by atoms with Crippen LogP contribution in [0.25, 0.3) is 5.69 Å². The molecule has 2 heterocycles. The van der Waals surface area contributed by atoms with E-state index in [1.54, 1.807) is 11.1 Å². The summed E-state index contributed by atoms with van der Waals surface area (Å²) >= 11 is 0. The zero-order valence-electron chi connectivity index (χ0n) is 23.2. The Morgan fingerprint density at radius 1 is 0.878 bits per heavy atom. The number of unbranched alkanes of at least 4 members (excludes halogenated alkanes) is 1. The van der Waals surface area contributed by atoms with Crippen molar-refractivity contribution in [3.05, 3.63) is 107 Å². The Hall–Kier alpha value is -4.79. The molecular formula is C32H35N5O4. The van der Waals surface area contributed by atoms with Gasteiger partial charge in [-0.2, -0.15) is 9.78 Å². The van der Waals surface area contributed by atoms with Gasteiger partial charge >= 0.3 is 11.6 Å². The van der Waals surface area contributed by atoms with Crippen LogP contribution >= 0.6 is 0 Å². The molecule has 0 saturated carbocycles. The predicted octanol–water partition coefficient (Wildman–Crippen LogP) is 5.34. The summed E-state index contributed by atoms with van der Waals surface area (Å²) in [5.74, 6) is 1.03. The molecule has 1 saturated heterocycles. The number of hydrogen-bond acceptors (Lipinski definition) is 6. The lowest BCUT2D eigenvalue weighted by Crippen LogP contribution is -2.50. The van der Waals surface area contributed by atoms with E-state index in [-0.39, 0.29) is 23.9 Å². The lowest BCUT2D eigenvalue weighted by Gasteiger charge is -2.36. The van der Waals surface area contributed by atoms with E-state index < -0.39 is 0 Å². The van der Waals surface area contributed by atoms with Gasteiger partial charge in [0.2, 0.25) is 5.75 Å². The van der Waals surface area contributed by atoms with Crippen LogP contribution in [0.15, 0.2) is 95.9 Å². The number of piperazine rings is 1. The molecule has 0 atom stereocenters. The molecule has 9 nitrogen and oxygen atoms in total. The van der Waals surface area contributed by atoms with Crippen molar-refractivity contribution in [1.82, 2.24) is 14.7 Å². The van der Waals surface area contributed by atoms with Crippen molar-refractivity contribution in [2.45, 2.75) is 26.4 Å². The van der Waals surface area contributed by atoms with Crippen LogP contribution in [0.3, 0.4) is 0 Å². The molecule has 3 aromatic carbocycles. The molecule has 4 aromatic rings. The summed E-state index contributed by atoms with van der Waals surface area (Å²) in [5.41, 5.74) is 2.63. The number of benzene rings is 3. The summed E-state index contributed by atoms with van der Waals surface area (Å²) in [7, 11) is 0. The minimum absolute atomic E-state index is 0.164. The van der Waals surface area contributed by atoms with Crippen LogP contribution in [-0.4, -0.2) is 53.5 Å². The fourth-order valence-electron chi connectivity index (χ4n) is 4.59. The molecule has 41 heavy (non-hydrogen) atoms. The van der Waals surface area contributed by atoms with E-state index in [0.717, 1.165) is 24.2 Å². The van der Waals surface area contributed by atoms with Crippen molar-refractivity contribution in [1.29, 1.82) is 0 Å². The van der Waals surface area contributed by atoms with Crippen molar-refractivity contribution >= 4 is 17.4 Å². The highest BCUT2D eigenvalue weighted by molar-refractivity contribution is 5.89. The predicted molar refractivity (Wildman–Crippen MR) is 160 cm³/mol. The lowest BCUT2D eigenvalue weighted by atomic mass is 10.2. The van der Waals surface area contributed by atoms with Crippen LogP contribution in [0.2, 0.25) is 0 Å². The highest BCUT2D eigenvalue weighted by Gasteiger charge is 2.26. The van der Waals surface area contributed by atoms with Gasteiger partial charge in [-0.3, -0.25) is 4.79 Å². The number of carbonyl (C=O) groups is 1. The van der Waals surface area contributed by atoms with Gasteiger partial charge in [0.25, 0.3) is 0 Å². The number of urea groups is 1. The molecule has 1 fully saturated rings. The maximum Gasteiger partial charge on any atom is 0.321 e. The normalized spacial score (nSPS) is 13.1. The molecule has 1 aliphatic rings. The molecule has 1 aromatic heterocycles. The summed E-state index contributed by atoms with van der Waals surface area (Å²) in [6.45, 7) is 5.12. The Bertz CT molecular complexity index is 1470. The Labute approximate surface area is 239 Å². The van der Waals surface area contributed by atoms with Gasteiger partial charge < -0.3 is 24.6 Å². The number of carbonyl (C=O) groups excluding carboxylic acids is 1. The first kappa shape index (κ1) is 27.8. The zero-order chi connectivity index (χ0) is 28.4. The molecular weight excluding hydrogens is 518 g/mol. The Balaban J connectivity index is 1.26. The van der Waals surface area contributed by atoms with E-state index in [1.165, 1.54) is 4.68 Å². The number of amides is 2. The van der Waals surface area contributed by atoms with Gasteiger partial charge in [0.15, 0.2) is 0 Å². The van der Waals surface area contributed by atoms with Crippen LogP contribution in [0.1, 0.15) is 25.3 Å². The van der Waals surface area contributed by atoms with Gasteiger partial charge in [0, 0.05) is 31.9 Å². The number of nitrogens with zero attached hydrogens (tertiary/aromatic N) is 4. The molecule has 0 unspecified atom stereocenters. The van der Waals surface area contributed by atoms with Crippen molar-refractivity contribution < 1.29 is 14.3 Å². The van der Waals surface area contributed by atoms with E-state index in [0.29, 0.717) is 49.8 Å². The number of aromatic nitrogens is 2. The van der Waals surface area contributed by atoms with Gasteiger partial charge in [-0.1, -0.05) is 61.9 Å². The molecule has 0 aliphatic carbocycles. The fraction of sp³-hybridized carbons (Fsp3) is 0.281. The van der Waals surface area contributed by atoms with Gasteiger partial charge in [0.1, 0.15) is 18.0 Å². The van der Waals surface area contributed by atoms with Crippen LogP contribution in [0.5, 0.6) is 11.5 Å². The van der Waals surface area contributed by atoms with E-state index in [1.807, 2.05) is 84.9 Å². The second kappa shape index (κ2) is 13.5. The monoisotopic (exact) mass is 553 g/mol. The third-order valence-corrected chi connectivity index (χ3v) is 6.92. The first-order valence-electron chi connectivity index (χ1n) is 14.0. The Morgan fingerprint density at radius 3 is 2.24 bits per heavy atom. The first-order valence-corrected chi connectivity index (χ1v) is 14.0. The smallest absolute Gasteiger partial charge is 0.321 e. The molecule has 212 valence electrons.